The van der Waals surface area contributed by atoms with E-state index in [4.69, 9.17) is 14.6 Å². The smallest absolute Gasteiger partial charge is 0.290 e. The van der Waals surface area contributed by atoms with Gasteiger partial charge in [0.25, 0.3) is 5.54 Å². The third-order valence-corrected chi connectivity index (χ3v) is 3.50. The molecule has 1 saturated carbocycles. The lowest BCUT2D eigenvalue weighted by molar-refractivity contribution is -0.600. The first-order chi connectivity index (χ1) is 7.63. The molecule has 0 radical (unpaired) electrons. The van der Waals surface area contributed by atoms with Gasteiger partial charge >= 0.3 is 0 Å². The number of nitrogens with zero attached hydrogens (tertiary/aromatic N) is 1. The maximum absolute atomic E-state index is 10.9. The summed E-state index contributed by atoms with van der Waals surface area (Å²) in [6, 6.07) is 0. The summed E-state index contributed by atoms with van der Waals surface area (Å²) >= 11 is 0. The second-order valence-corrected chi connectivity index (χ2v) is 4.69. The molecule has 1 saturated heterocycles. The number of hydrogen-bond acceptors (Lipinski definition) is 5. The quantitative estimate of drug-likeness (QED) is 0.559. The summed E-state index contributed by atoms with van der Waals surface area (Å²) in [6.45, 7) is -0.664. The second-order valence-electron chi connectivity index (χ2n) is 4.69. The van der Waals surface area contributed by atoms with Crippen molar-refractivity contribution in [3.05, 3.63) is 10.1 Å². The van der Waals surface area contributed by atoms with E-state index in [1.807, 2.05) is 0 Å². The monoisotopic (exact) mass is 231 g/mol. The van der Waals surface area contributed by atoms with Crippen molar-refractivity contribution < 1.29 is 19.5 Å². The molecule has 2 fully saturated rings. The van der Waals surface area contributed by atoms with E-state index in [9.17, 15) is 10.1 Å². The third kappa shape index (κ3) is 1.92. The summed E-state index contributed by atoms with van der Waals surface area (Å²) in [5.41, 5.74) is -1.47. The predicted molar refractivity (Wildman–Crippen MR) is 54.5 cm³/mol. The number of ether oxygens (including phenoxy) is 2. The summed E-state index contributed by atoms with van der Waals surface area (Å²) in [6.07, 6.45) is 4.82. The molecule has 1 spiro atoms. The molecule has 6 nitrogen and oxygen atoms in total. The van der Waals surface area contributed by atoms with Crippen molar-refractivity contribution in [3.8, 4) is 0 Å². The highest BCUT2D eigenvalue weighted by Gasteiger charge is 2.52. The predicted octanol–water partition coefficient (Wildman–Crippen LogP) is 0.701. The van der Waals surface area contributed by atoms with Crippen molar-refractivity contribution in [2.24, 2.45) is 0 Å². The third-order valence-electron chi connectivity index (χ3n) is 3.50. The fourth-order valence-corrected chi connectivity index (χ4v) is 2.25. The topological polar surface area (TPSA) is 81.8 Å². The SMILES string of the molecule is O=[N+]([O-])C1(CO)COC2(CCCCC2)OC1. The Morgan fingerprint density at radius 1 is 1.19 bits per heavy atom. The van der Waals surface area contributed by atoms with Crippen molar-refractivity contribution in [2.75, 3.05) is 19.8 Å². The van der Waals surface area contributed by atoms with Gasteiger partial charge in [0.2, 0.25) is 0 Å². The van der Waals surface area contributed by atoms with E-state index < -0.39 is 22.9 Å². The number of aliphatic hydroxyl groups is 1. The Morgan fingerprint density at radius 2 is 1.75 bits per heavy atom. The molecule has 0 amide bonds. The van der Waals surface area contributed by atoms with Gasteiger partial charge in [0.1, 0.15) is 19.8 Å². The van der Waals surface area contributed by atoms with E-state index in [-0.39, 0.29) is 13.2 Å². The van der Waals surface area contributed by atoms with Crippen LogP contribution in [0.15, 0.2) is 0 Å². The summed E-state index contributed by atoms with van der Waals surface area (Å²) in [4.78, 5) is 10.4. The standard InChI is InChI=1S/C10H17NO5/c12-6-9(11(13)14)7-15-10(16-8-9)4-2-1-3-5-10/h12H,1-8H2. The molecule has 16 heavy (non-hydrogen) atoms. The Labute approximate surface area is 93.7 Å². The van der Waals surface area contributed by atoms with Gasteiger partial charge in [-0.05, 0) is 12.8 Å². The van der Waals surface area contributed by atoms with E-state index in [1.165, 1.54) is 0 Å². The molecule has 1 aliphatic carbocycles. The summed E-state index contributed by atoms with van der Waals surface area (Å²) < 4.78 is 11.1. The van der Waals surface area contributed by atoms with Crippen LogP contribution in [-0.2, 0) is 9.47 Å². The minimum Gasteiger partial charge on any atom is -0.389 e. The Hall–Kier alpha value is -0.720. The molecule has 2 aliphatic rings. The minimum atomic E-state index is -1.47. The highest BCUT2D eigenvalue weighted by Crippen LogP contribution is 2.37. The van der Waals surface area contributed by atoms with E-state index >= 15 is 0 Å². The van der Waals surface area contributed by atoms with Crippen LogP contribution in [0.25, 0.3) is 0 Å². The van der Waals surface area contributed by atoms with Crippen molar-refractivity contribution in [2.45, 2.75) is 43.4 Å². The van der Waals surface area contributed by atoms with Gasteiger partial charge in [0.05, 0.1) is 0 Å². The highest BCUT2D eigenvalue weighted by molar-refractivity contribution is 4.87. The Bertz CT molecular complexity index is 264. The molecule has 1 aliphatic heterocycles. The summed E-state index contributed by atoms with van der Waals surface area (Å²) in [5, 5.41) is 20.0. The van der Waals surface area contributed by atoms with Gasteiger partial charge in [-0.15, -0.1) is 0 Å². The second kappa shape index (κ2) is 4.27. The molecular formula is C10H17NO5. The van der Waals surface area contributed by atoms with Crippen molar-refractivity contribution in [1.29, 1.82) is 0 Å². The Balaban J connectivity index is 2.02. The fourth-order valence-electron chi connectivity index (χ4n) is 2.25. The van der Waals surface area contributed by atoms with Crippen LogP contribution >= 0.6 is 0 Å². The lowest BCUT2D eigenvalue weighted by Crippen LogP contribution is -2.59. The zero-order valence-corrected chi connectivity index (χ0v) is 9.18. The lowest BCUT2D eigenvalue weighted by Gasteiger charge is -2.43. The molecule has 2 rings (SSSR count). The van der Waals surface area contributed by atoms with Crippen molar-refractivity contribution >= 4 is 0 Å². The number of aliphatic hydroxyl groups excluding tert-OH is 1. The molecular weight excluding hydrogens is 214 g/mol. The zero-order chi connectivity index (χ0) is 11.6. The van der Waals surface area contributed by atoms with Crippen LogP contribution in [0, 0.1) is 10.1 Å². The molecule has 0 aromatic heterocycles. The molecule has 0 atom stereocenters. The highest BCUT2D eigenvalue weighted by atomic mass is 16.7. The van der Waals surface area contributed by atoms with Crippen molar-refractivity contribution in [3.63, 3.8) is 0 Å². The molecule has 1 N–H and O–H groups in total. The van der Waals surface area contributed by atoms with Gasteiger partial charge in [-0.1, -0.05) is 6.42 Å². The van der Waals surface area contributed by atoms with Crippen LogP contribution < -0.4 is 0 Å². The van der Waals surface area contributed by atoms with E-state index in [0.717, 1.165) is 32.1 Å². The molecule has 0 unspecified atom stereocenters. The van der Waals surface area contributed by atoms with Crippen LogP contribution in [0.2, 0.25) is 0 Å². The van der Waals surface area contributed by atoms with Crippen molar-refractivity contribution in [1.82, 2.24) is 0 Å². The average molecular weight is 231 g/mol. The van der Waals surface area contributed by atoms with Gasteiger partial charge in [-0.2, -0.15) is 0 Å². The van der Waals surface area contributed by atoms with E-state index in [2.05, 4.69) is 0 Å². The Morgan fingerprint density at radius 3 is 2.19 bits per heavy atom. The summed E-state index contributed by atoms with van der Waals surface area (Å²) in [7, 11) is 0. The number of nitro groups is 1. The van der Waals surface area contributed by atoms with Gasteiger partial charge in [-0.25, -0.2) is 0 Å². The van der Waals surface area contributed by atoms with E-state index in [0.29, 0.717) is 0 Å². The van der Waals surface area contributed by atoms with Crippen LogP contribution in [0.5, 0.6) is 0 Å². The molecule has 6 heteroatoms. The average Bonchev–Trinajstić information content (AvgIpc) is 2.31. The van der Waals surface area contributed by atoms with Gasteiger partial charge in [-0.3, -0.25) is 10.1 Å². The van der Waals surface area contributed by atoms with Gasteiger partial charge < -0.3 is 14.6 Å². The minimum absolute atomic E-state index is 0.0590. The van der Waals surface area contributed by atoms with Gasteiger partial charge in [0, 0.05) is 17.8 Å². The molecule has 0 aromatic rings. The molecule has 1 heterocycles. The maximum atomic E-state index is 10.9. The van der Waals surface area contributed by atoms with Gasteiger partial charge in [0.15, 0.2) is 5.79 Å². The Kier molecular flexibility index (Phi) is 3.14. The van der Waals surface area contributed by atoms with Crippen LogP contribution in [0.3, 0.4) is 0 Å². The van der Waals surface area contributed by atoms with Crippen LogP contribution in [0.4, 0.5) is 0 Å². The zero-order valence-electron chi connectivity index (χ0n) is 9.18. The van der Waals surface area contributed by atoms with Crippen LogP contribution in [0.1, 0.15) is 32.1 Å². The molecule has 92 valence electrons. The van der Waals surface area contributed by atoms with E-state index in [1.54, 1.807) is 0 Å². The summed E-state index contributed by atoms with van der Waals surface area (Å²) in [5.74, 6) is -0.618. The molecule has 0 aromatic carbocycles. The van der Waals surface area contributed by atoms with Crippen LogP contribution in [-0.4, -0.2) is 41.2 Å². The first-order valence-corrected chi connectivity index (χ1v) is 5.66. The molecule has 0 bridgehead atoms. The fraction of sp³-hybridized carbons (Fsp3) is 1.00. The maximum Gasteiger partial charge on any atom is 0.290 e. The number of rotatable bonds is 2. The lowest BCUT2D eigenvalue weighted by atomic mass is 9.92. The number of hydrogen-bond donors (Lipinski definition) is 1. The first-order valence-electron chi connectivity index (χ1n) is 5.66. The largest absolute Gasteiger partial charge is 0.389 e. The first kappa shape index (κ1) is 11.8. The normalized spacial score (nSPS) is 27.8.